The molecule has 0 fully saturated rings. The molecule has 0 saturated carbocycles. The van der Waals surface area contributed by atoms with Crippen molar-refractivity contribution in [3.63, 3.8) is 0 Å². The van der Waals surface area contributed by atoms with E-state index in [4.69, 9.17) is 9.47 Å². The summed E-state index contributed by atoms with van der Waals surface area (Å²) in [5, 5.41) is 9.51. The summed E-state index contributed by atoms with van der Waals surface area (Å²) in [5.41, 5.74) is 0.309. The topological polar surface area (TPSA) is 102 Å². The summed E-state index contributed by atoms with van der Waals surface area (Å²) < 4.78 is 14.9. The maximum Gasteiger partial charge on any atom is 0.514 e. The molecular formula is C17H21NO7. The average molecular weight is 351 g/mol. The molecule has 1 unspecified atom stereocenters. The Morgan fingerprint density at radius 2 is 1.92 bits per heavy atom. The number of esters is 1. The van der Waals surface area contributed by atoms with Gasteiger partial charge in [-0.25, -0.2) is 14.4 Å². The third-order valence-electron chi connectivity index (χ3n) is 3.59. The van der Waals surface area contributed by atoms with E-state index in [0.29, 0.717) is 12.8 Å². The Morgan fingerprint density at radius 3 is 2.48 bits per heavy atom. The zero-order chi connectivity index (χ0) is 18.8. The maximum absolute atomic E-state index is 11.9. The van der Waals surface area contributed by atoms with E-state index >= 15 is 0 Å². The Bertz CT molecular complexity index is 693. The quantitative estimate of drug-likeness (QED) is 0.645. The molecule has 1 aliphatic rings. The Morgan fingerprint density at radius 1 is 1.24 bits per heavy atom. The number of hydrogen-bond donors (Lipinski definition) is 1. The van der Waals surface area contributed by atoms with E-state index < -0.39 is 29.9 Å². The Balaban J connectivity index is 2.30. The number of hydrogen-bond acceptors (Lipinski definition) is 6. The maximum atomic E-state index is 11.9. The standard InChI is InChI=1S/C17H21NO7/c1-17(2,3)25-16(22)24-11-7-5-10-6-8-12(14(19)23-4)18(15(20)21)13(10)9-11/h5,7,9,12H,6,8H2,1-4H3,(H,20,21). The minimum atomic E-state index is -1.29. The molecule has 1 aromatic rings. The highest BCUT2D eigenvalue weighted by molar-refractivity contribution is 5.96. The minimum absolute atomic E-state index is 0.129. The second-order valence-electron chi connectivity index (χ2n) is 6.59. The van der Waals surface area contributed by atoms with Gasteiger partial charge in [0.05, 0.1) is 12.8 Å². The van der Waals surface area contributed by atoms with Gasteiger partial charge in [-0.05, 0) is 45.2 Å². The molecule has 0 spiro atoms. The molecule has 1 atom stereocenters. The van der Waals surface area contributed by atoms with Crippen LogP contribution in [0.5, 0.6) is 5.75 Å². The summed E-state index contributed by atoms with van der Waals surface area (Å²) in [7, 11) is 1.21. The SMILES string of the molecule is COC(=O)C1CCc2ccc(OC(=O)OC(C)(C)C)cc2N1C(=O)O. The van der Waals surface area contributed by atoms with Crippen LogP contribution >= 0.6 is 0 Å². The second-order valence-corrected chi connectivity index (χ2v) is 6.59. The normalized spacial score (nSPS) is 16.6. The zero-order valence-corrected chi connectivity index (χ0v) is 14.6. The Labute approximate surface area is 145 Å². The van der Waals surface area contributed by atoms with Crippen molar-refractivity contribution < 1.29 is 33.7 Å². The zero-order valence-electron chi connectivity index (χ0n) is 14.6. The highest BCUT2D eigenvalue weighted by atomic mass is 16.7. The van der Waals surface area contributed by atoms with Gasteiger partial charge in [0.15, 0.2) is 0 Å². The van der Waals surface area contributed by atoms with Crippen molar-refractivity contribution in [2.45, 2.75) is 45.3 Å². The highest BCUT2D eigenvalue weighted by Gasteiger charge is 2.36. The average Bonchev–Trinajstić information content (AvgIpc) is 2.50. The minimum Gasteiger partial charge on any atom is -0.467 e. The third kappa shape index (κ3) is 4.40. The molecule has 1 N–H and O–H groups in total. The van der Waals surface area contributed by atoms with Gasteiger partial charge in [-0.3, -0.25) is 4.90 Å². The predicted octanol–water partition coefficient (Wildman–Crippen LogP) is 2.97. The Kier molecular flexibility index (Phi) is 5.20. The summed E-state index contributed by atoms with van der Waals surface area (Å²) in [5.74, 6) is -0.503. The van der Waals surface area contributed by atoms with Gasteiger partial charge in [-0.15, -0.1) is 0 Å². The number of amides is 1. The number of carbonyl (C=O) groups is 3. The van der Waals surface area contributed by atoms with Gasteiger partial charge in [0.1, 0.15) is 17.4 Å². The number of carboxylic acid groups (broad SMARTS) is 1. The van der Waals surface area contributed by atoms with Gasteiger partial charge in [0.25, 0.3) is 0 Å². The van der Waals surface area contributed by atoms with Gasteiger partial charge in [0, 0.05) is 6.07 Å². The first kappa shape index (κ1) is 18.6. The molecule has 1 aromatic carbocycles. The number of aryl methyl sites for hydroxylation is 1. The first-order valence-electron chi connectivity index (χ1n) is 7.76. The van der Waals surface area contributed by atoms with Crippen molar-refractivity contribution in [2.75, 3.05) is 12.0 Å². The van der Waals surface area contributed by atoms with E-state index in [2.05, 4.69) is 4.74 Å². The van der Waals surface area contributed by atoms with Crippen LogP contribution in [0.1, 0.15) is 32.8 Å². The van der Waals surface area contributed by atoms with Crippen LogP contribution in [0.2, 0.25) is 0 Å². The number of fused-ring (bicyclic) bond motifs is 1. The number of nitrogens with zero attached hydrogens (tertiary/aromatic N) is 1. The molecule has 0 aromatic heterocycles. The summed E-state index contributed by atoms with van der Waals surface area (Å²) in [6.07, 6.45) is -1.36. The van der Waals surface area contributed by atoms with Gasteiger partial charge in [-0.2, -0.15) is 0 Å². The molecule has 1 heterocycles. The summed E-state index contributed by atoms with van der Waals surface area (Å²) in [6, 6.07) is 3.69. The summed E-state index contributed by atoms with van der Waals surface area (Å²) >= 11 is 0. The van der Waals surface area contributed by atoms with E-state index in [9.17, 15) is 19.5 Å². The molecule has 0 saturated heterocycles. The van der Waals surface area contributed by atoms with Crippen molar-refractivity contribution in [1.29, 1.82) is 0 Å². The van der Waals surface area contributed by atoms with Crippen LogP contribution in [0, 0.1) is 0 Å². The van der Waals surface area contributed by atoms with Crippen molar-refractivity contribution in [3.05, 3.63) is 23.8 Å². The van der Waals surface area contributed by atoms with E-state index in [1.165, 1.54) is 13.2 Å². The lowest BCUT2D eigenvalue weighted by atomic mass is 9.96. The van der Waals surface area contributed by atoms with Crippen LogP contribution in [0.25, 0.3) is 0 Å². The number of rotatable bonds is 2. The van der Waals surface area contributed by atoms with Gasteiger partial charge >= 0.3 is 18.2 Å². The molecule has 0 radical (unpaired) electrons. The largest absolute Gasteiger partial charge is 0.514 e. The molecular weight excluding hydrogens is 330 g/mol. The van der Waals surface area contributed by atoms with Crippen molar-refractivity contribution in [1.82, 2.24) is 0 Å². The molecule has 2 rings (SSSR count). The second kappa shape index (κ2) is 7.00. The molecule has 1 aliphatic heterocycles. The van der Waals surface area contributed by atoms with Crippen LogP contribution in [0.3, 0.4) is 0 Å². The van der Waals surface area contributed by atoms with E-state index in [0.717, 1.165) is 10.5 Å². The fourth-order valence-electron chi connectivity index (χ4n) is 2.59. The predicted molar refractivity (Wildman–Crippen MR) is 87.9 cm³/mol. The fraction of sp³-hybridized carbons (Fsp3) is 0.471. The highest BCUT2D eigenvalue weighted by Crippen LogP contribution is 2.34. The van der Waals surface area contributed by atoms with Crippen LogP contribution < -0.4 is 9.64 Å². The number of benzene rings is 1. The fourth-order valence-corrected chi connectivity index (χ4v) is 2.59. The van der Waals surface area contributed by atoms with E-state index in [1.54, 1.807) is 32.9 Å². The van der Waals surface area contributed by atoms with Gasteiger partial charge < -0.3 is 19.3 Å². The number of methoxy groups -OCH3 is 1. The number of carbonyl (C=O) groups excluding carboxylic acids is 2. The van der Waals surface area contributed by atoms with Crippen molar-refractivity contribution >= 4 is 23.9 Å². The lowest BCUT2D eigenvalue weighted by Gasteiger charge is -2.33. The smallest absolute Gasteiger partial charge is 0.467 e. The molecule has 136 valence electrons. The van der Waals surface area contributed by atoms with Crippen LogP contribution in [-0.4, -0.2) is 42.1 Å². The van der Waals surface area contributed by atoms with E-state index in [1.807, 2.05) is 0 Å². The monoisotopic (exact) mass is 351 g/mol. The van der Waals surface area contributed by atoms with E-state index in [-0.39, 0.29) is 11.4 Å². The Hall–Kier alpha value is -2.77. The first-order chi connectivity index (χ1) is 11.6. The molecule has 8 nitrogen and oxygen atoms in total. The third-order valence-corrected chi connectivity index (χ3v) is 3.59. The van der Waals surface area contributed by atoms with Crippen molar-refractivity contribution in [3.8, 4) is 5.75 Å². The lowest BCUT2D eigenvalue weighted by molar-refractivity contribution is -0.142. The van der Waals surface area contributed by atoms with Gasteiger partial charge in [0.2, 0.25) is 0 Å². The molecule has 0 aliphatic carbocycles. The molecule has 0 bridgehead atoms. The van der Waals surface area contributed by atoms with Crippen LogP contribution in [-0.2, 0) is 20.7 Å². The first-order valence-corrected chi connectivity index (χ1v) is 7.76. The molecule has 1 amide bonds. The van der Waals surface area contributed by atoms with Gasteiger partial charge in [-0.1, -0.05) is 6.07 Å². The number of anilines is 1. The molecule has 25 heavy (non-hydrogen) atoms. The van der Waals surface area contributed by atoms with Crippen LogP contribution in [0.4, 0.5) is 15.3 Å². The molecule has 8 heteroatoms. The summed E-state index contributed by atoms with van der Waals surface area (Å²) in [4.78, 5) is 36.3. The number of ether oxygens (including phenoxy) is 3. The summed E-state index contributed by atoms with van der Waals surface area (Å²) in [6.45, 7) is 5.11. The van der Waals surface area contributed by atoms with Crippen molar-refractivity contribution in [2.24, 2.45) is 0 Å². The lowest BCUT2D eigenvalue weighted by Crippen LogP contribution is -2.48. The van der Waals surface area contributed by atoms with Crippen LogP contribution in [0.15, 0.2) is 18.2 Å².